The zero-order valence-electron chi connectivity index (χ0n) is 28.2. The van der Waals surface area contributed by atoms with Crippen molar-refractivity contribution < 1.29 is 0 Å². The van der Waals surface area contributed by atoms with Crippen molar-refractivity contribution in [3.8, 4) is 56.4 Å². The summed E-state index contributed by atoms with van der Waals surface area (Å²) < 4.78 is 0. The van der Waals surface area contributed by atoms with Gasteiger partial charge in [0.1, 0.15) is 0 Å². The molecule has 1 spiro atoms. The minimum absolute atomic E-state index is 0.0419. The topological polar surface area (TPSA) is 38.7 Å². The largest absolute Gasteiger partial charge is 0.208 e. The van der Waals surface area contributed by atoms with E-state index in [-0.39, 0.29) is 10.8 Å². The molecule has 0 atom stereocenters. The molecule has 238 valence electrons. The highest BCUT2D eigenvalue weighted by Gasteiger charge is 2.61. The monoisotopic (exact) mass is 633 g/mol. The van der Waals surface area contributed by atoms with Crippen LogP contribution in [-0.2, 0) is 10.8 Å². The van der Waals surface area contributed by atoms with Crippen LogP contribution in [0, 0.1) is 23.7 Å². The predicted octanol–water partition coefficient (Wildman–Crippen LogP) is 10.9. The molecule has 1 aromatic heterocycles. The highest BCUT2D eigenvalue weighted by atomic mass is 15.0. The van der Waals surface area contributed by atoms with E-state index >= 15 is 0 Å². The maximum atomic E-state index is 5.29. The molecule has 49 heavy (non-hydrogen) atoms. The number of hydrogen-bond acceptors (Lipinski definition) is 3. The fourth-order valence-electron chi connectivity index (χ4n) is 11.5. The van der Waals surface area contributed by atoms with E-state index in [1.54, 1.807) is 5.56 Å². The van der Waals surface area contributed by atoms with Gasteiger partial charge in [0.15, 0.2) is 17.5 Å². The van der Waals surface area contributed by atoms with Crippen molar-refractivity contribution in [3.05, 3.63) is 138 Å². The second-order valence-electron chi connectivity index (χ2n) is 16.1. The molecule has 0 unspecified atom stereocenters. The number of benzene rings is 5. The number of fused-ring (bicyclic) bond motifs is 6. The molecular formula is C46H39N3. The van der Waals surface area contributed by atoms with Crippen molar-refractivity contribution in [2.45, 2.75) is 56.8 Å². The molecule has 0 amide bonds. The van der Waals surface area contributed by atoms with Gasteiger partial charge in [0.05, 0.1) is 0 Å². The Labute approximate surface area is 288 Å². The first-order valence-corrected chi connectivity index (χ1v) is 18.3. The highest BCUT2D eigenvalue weighted by molar-refractivity contribution is 5.86. The molecule has 5 aromatic carbocycles. The van der Waals surface area contributed by atoms with Crippen molar-refractivity contribution in [2.24, 2.45) is 23.7 Å². The van der Waals surface area contributed by atoms with Gasteiger partial charge in [-0.05, 0) is 112 Å². The van der Waals surface area contributed by atoms with Gasteiger partial charge in [-0.15, -0.1) is 0 Å². The summed E-state index contributed by atoms with van der Waals surface area (Å²) in [6, 6.07) is 42.5. The normalized spacial score (nSPS) is 26.0. The summed E-state index contributed by atoms with van der Waals surface area (Å²) >= 11 is 0. The fourth-order valence-corrected chi connectivity index (χ4v) is 11.5. The van der Waals surface area contributed by atoms with E-state index < -0.39 is 0 Å². The third-order valence-electron chi connectivity index (χ3n) is 13.3. The summed E-state index contributed by atoms with van der Waals surface area (Å²) in [5, 5.41) is 0. The molecule has 0 saturated heterocycles. The van der Waals surface area contributed by atoms with Gasteiger partial charge in [0, 0.05) is 27.5 Å². The molecule has 6 aromatic rings. The molecular weight excluding hydrogens is 595 g/mol. The van der Waals surface area contributed by atoms with Gasteiger partial charge in [-0.1, -0.05) is 117 Å². The summed E-state index contributed by atoms with van der Waals surface area (Å²) in [6.45, 7) is 4.66. The number of hydrogen-bond donors (Lipinski definition) is 0. The molecule has 1 heterocycles. The van der Waals surface area contributed by atoms with Crippen molar-refractivity contribution in [1.82, 2.24) is 15.0 Å². The smallest absolute Gasteiger partial charge is 0.164 e. The van der Waals surface area contributed by atoms with Crippen LogP contribution < -0.4 is 0 Å². The first kappa shape index (κ1) is 28.0. The Hall–Kier alpha value is -4.89. The molecule has 4 fully saturated rings. The van der Waals surface area contributed by atoms with Crippen LogP contribution in [0.15, 0.2) is 115 Å². The zero-order chi connectivity index (χ0) is 32.5. The van der Waals surface area contributed by atoms with Crippen molar-refractivity contribution in [3.63, 3.8) is 0 Å². The summed E-state index contributed by atoms with van der Waals surface area (Å²) in [7, 11) is 0. The van der Waals surface area contributed by atoms with Gasteiger partial charge in [-0.25, -0.2) is 15.0 Å². The Morgan fingerprint density at radius 2 is 0.939 bits per heavy atom. The third kappa shape index (κ3) is 3.76. The van der Waals surface area contributed by atoms with Gasteiger partial charge >= 0.3 is 0 Å². The fraction of sp³-hybridized carbons (Fsp3) is 0.283. The number of rotatable bonds is 3. The van der Waals surface area contributed by atoms with E-state index in [1.165, 1.54) is 71.0 Å². The van der Waals surface area contributed by atoms with Crippen LogP contribution in [-0.4, -0.2) is 15.0 Å². The Kier molecular flexibility index (Phi) is 5.63. The van der Waals surface area contributed by atoms with Crippen LogP contribution in [0.25, 0.3) is 56.4 Å². The predicted molar refractivity (Wildman–Crippen MR) is 197 cm³/mol. The van der Waals surface area contributed by atoms with Gasteiger partial charge in [-0.2, -0.15) is 0 Å². The lowest BCUT2D eigenvalue weighted by atomic mass is 9.43. The van der Waals surface area contributed by atoms with Crippen LogP contribution in [0.2, 0.25) is 0 Å². The molecule has 6 aliphatic rings. The van der Waals surface area contributed by atoms with Crippen LogP contribution in [0.4, 0.5) is 0 Å². The molecule has 0 N–H and O–H groups in total. The van der Waals surface area contributed by atoms with E-state index in [9.17, 15) is 0 Å². The van der Waals surface area contributed by atoms with Crippen LogP contribution >= 0.6 is 0 Å². The lowest BCUT2D eigenvalue weighted by molar-refractivity contribution is -0.0399. The van der Waals surface area contributed by atoms with E-state index in [4.69, 9.17) is 15.0 Å². The second-order valence-corrected chi connectivity index (χ2v) is 16.1. The lowest BCUT2D eigenvalue weighted by Gasteiger charge is -2.61. The van der Waals surface area contributed by atoms with Crippen LogP contribution in [0.3, 0.4) is 0 Å². The Balaban J connectivity index is 1.10. The van der Waals surface area contributed by atoms with Gasteiger partial charge in [0.25, 0.3) is 0 Å². The molecule has 4 saturated carbocycles. The average molecular weight is 634 g/mol. The number of aromatic nitrogens is 3. The molecule has 4 bridgehead atoms. The number of nitrogens with zero attached hydrogens (tertiary/aromatic N) is 3. The molecule has 3 nitrogen and oxygen atoms in total. The quantitative estimate of drug-likeness (QED) is 0.195. The summed E-state index contributed by atoms with van der Waals surface area (Å²) in [4.78, 5) is 15.6. The Bertz CT molecular complexity index is 2310. The van der Waals surface area contributed by atoms with Crippen molar-refractivity contribution in [2.75, 3.05) is 0 Å². The van der Waals surface area contributed by atoms with Crippen LogP contribution in [0.1, 0.15) is 68.2 Å². The maximum absolute atomic E-state index is 5.29. The van der Waals surface area contributed by atoms with Crippen molar-refractivity contribution >= 4 is 0 Å². The second kappa shape index (κ2) is 9.85. The minimum Gasteiger partial charge on any atom is -0.208 e. The first-order chi connectivity index (χ1) is 24.0. The standard InChI is InChI=1S/C46H39N3/c1-45(2)38-14-8-6-13-35(38)37-25-30(17-19-39(37)45)43-47-42(29-10-4-3-5-11-29)48-44(49-43)31-16-18-36-34-12-7-9-15-40(34)46(41(36)26-31)32-21-27-20-28(23-32)24-33(46)22-27/h3-19,25-28,32-33H,20-24H2,1-2H3. The summed E-state index contributed by atoms with van der Waals surface area (Å²) in [5.74, 6) is 5.45. The Morgan fingerprint density at radius 1 is 0.429 bits per heavy atom. The van der Waals surface area contributed by atoms with Gasteiger partial charge in [0.2, 0.25) is 0 Å². The zero-order valence-corrected chi connectivity index (χ0v) is 28.2. The molecule has 0 aliphatic heterocycles. The van der Waals surface area contributed by atoms with E-state index in [0.717, 1.165) is 46.0 Å². The molecule has 0 radical (unpaired) electrons. The van der Waals surface area contributed by atoms with E-state index in [2.05, 4.69) is 129 Å². The van der Waals surface area contributed by atoms with Crippen molar-refractivity contribution in [1.29, 1.82) is 0 Å². The SMILES string of the molecule is CC1(C)c2ccccc2-c2cc(-c3nc(-c4ccccc4)nc(-c4ccc5c(c4)C4(c6ccccc6-5)C5CC6CC(C5)CC4C6)n3)ccc21. The molecule has 12 rings (SSSR count). The minimum atomic E-state index is -0.0419. The summed E-state index contributed by atoms with van der Waals surface area (Å²) in [5.41, 5.74) is 14.5. The van der Waals surface area contributed by atoms with E-state index in [1.807, 2.05) is 0 Å². The molecule has 3 heteroatoms. The van der Waals surface area contributed by atoms with E-state index in [0.29, 0.717) is 11.8 Å². The highest BCUT2D eigenvalue weighted by Crippen LogP contribution is 2.69. The molecule has 6 aliphatic carbocycles. The maximum Gasteiger partial charge on any atom is 0.164 e. The first-order valence-electron chi connectivity index (χ1n) is 18.3. The van der Waals surface area contributed by atoms with Gasteiger partial charge < -0.3 is 0 Å². The van der Waals surface area contributed by atoms with Gasteiger partial charge in [-0.3, -0.25) is 0 Å². The lowest BCUT2D eigenvalue weighted by Crippen LogP contribution is -2.55. The summed E-state index contributed by atoms with van der Waals surface area (Å²) in [6.07, 6.45) is 6.95. The Morgan fingerprint density at radius 3 is 1.63 bits per heavy atom. The van der Waals surface area contributed by atoms with Crippen LogP contribution in [0.5, 0.6) is 0 Å². The third-order valence-corrected chi connectivity index (χ3v) is 13.3. The average Bonchev–Trinajstić information content (AvgIpc) is 3.56.